The molecular formula is C14H14ClNO3. The minimum absolute atomic E-state index is 0.0322. The van der Waals surface area contributed by atoms with Gasteiger partial charge in [0.1, 0.15) is 0 Å². The molecule has 1 saturated heterocycles. The summed E-state index contributed by atoms with van der Waals surface area (Å²) < 4.78 is 10.9. The van der Waals surface area contributed by atoms with Crippen LogP contribution < -0.4 is 5.32 Å². The van der Waals surface area contributed by atoms with Crippen molar-refractivity contribution < 1.29 is 13.9 Å². The smallest absolute Gasteiger partial charge is 0.199 e. The zero-order valence-electron chi connectivity index (χ0n) is 10.3. The maximum Gasteiger partial charge on any atom is 0.199 e. The molecule has 1 aliphatic heterocycles. The number of benzene rings is 1. The Morgan fingerprint density at radius 2 is 2.37 bits per heavy atom. The lowest BCUT2D eigenvalue weighted by Gasteiger charge is -2.22. The fourth-order valence-corrected chi connectivity index (χ4v) is 2.46. The molecule has 19 heavy (non-hydrogen) atoms. The van der Waals surface area contributed by atoms with E-state index in [1.54, 1.807) is 12.1 Å². The second-order valence-corrected chi connectivity index (χ2v) is 5.03. The first kappa shape index (κ1) is 12.7. The van der Waals surface area contributed by atoms with E-state index < -0.39 is 0 Å². The van der Waals surface area contributed by atoms with Crippen LogP contribution in [0.5, 0.6) is 0 Å². The molecule has 0 saturated carbocycles. The number of hydrogen-bond acceptors (Lipinski definition) is 4. The first-order chi connectivity index (χ1) is 9.24. The quantitative estimate of drug-likeness (QED) is 0.878. The molecule has 0 radical (unpaired) electrons. The molecule has 3 rings (SSSR count). The Hall–Kier alpha value is -1.36. The van der Waals surface area contributed by atoms with E-state index in [0.717, 1.165) is 11.9 Å². The van der Waals surface area contributed by atoms with Gasteiger partial charge in [-0.25, -0.2) is 0 Å². The van der Waals surface area contributed by atoms with E-state index in [4.69, 9.17) is 20.8 Å². The molecule has 0 bridgehead atoms. The highest BCUT2D eigenvalue weighted by atomic mass is 35.5. The van der Waals surface area contributed by atoms with Crippen molar-refractivity contribution in [2.45, 2.75) is 12.5 Å². The van der Waals surface area contributed by atoms with Crippen LogP contribution in [0, 0.1) is 0 Å². The highest BCUT2D eigenvalue weighted by Gasteiger charge is 2.20. The number of Topliss-reactive ketones (excluding diaryl/α,β-unsaturated/α-hetero) is 1. The van der Waals surface area contributed by atoms with Gasteiger partial charge in [-0.1, -0.05) is 23.7 Å². The molecule has 1 fully saturated rings. The van der Waals surface area contributed by atoms with Crippen LogP contribution >= 0.6 is 11.6 Å². The third kappa shape index (κ3) is 2.66. The summed E-state index contributed by atoms with van der Waals surface area (Å²) in [5, 5.41) is 4.63. The van der Waals surface area contributed by atoms with Gasteiger partial charge in [-0.15, -0.1) is 0 Å². The van der Waals surface area contributed by atoms with Crippen LogP contribution in [0.4, 0.5) is 0 Å². The summed E-state index contributed by atoms with van der Waals surface area (Å²) in [5.41, 5.74) is 0.570. The van der Waals surface area contributed by atoms with E-state index in [0.29, 0.717) is 36.0 Å². The number of fused-ring (bicyclic) bond motifs is 1. The SMILES string of the molecule is O=C(CC1COCCN1)c1cc2cccc(Cl)c2o1. The standard InChI is InChI=1S/C14H14ClNO3/c15-11-3-1-2-9-6-13(19-14(9)11)12(17)7-10-8-18-5-4-16-10/h1-3,6,10,16H,4-5,7-8H2. The molecule has 2 heterocycles. The maximum absolute atomic E-state index is 12.2. The lowest BCUT2D eigenvalue weighted by molar-refractivity contribution is 0.0666. The van der Waals surface area contributed by atoms with Crippen molar-refractivity contribution in [3.05, 3.63) is 35.0 Å². The summed E-state index contributed by atoms with van der Waals surface area (Å²) in [6.45, 7) is 2.04. The topological polar surface area (TPSA) is 51.5 Å². The van der Waals surface area contributed by atoms with E-state index in [-0.39, 0.29) is 11.8 Å². The highest BCUT2D eigenvalue weighted by molar-refractivity contribution is 6.34. The lowest BCUT2D eigenvalue weighted by atomic mass is 10.1. The van der Waals surface area contributed by atoms with E-state index in [2.05, 4.69) is 5.32 Å². The molecule has 0 amide bonds. The Bertz CT molecular complexity index is 602. The Morgan fingerprint density at radius 1 is 1.47 bits per heavy atom. The number of hydrogen-bond donors (Lipinski definition) is 1. The molecule has 100 valence electrons. The third-order valence-electron chi connectivity index (χ3n) is 3.20. The fraction of sp³-hybridized carbons (Fsp3) is 0.357. The van der Waals surface area contributed by atoms with E-state index in [9.17, 15) is 4.79 Å². The number of ketones is 1. The van der Waals surface area contributed by atoms with Crippen molar-refractivity contribution in [1.82, 2.24) is 5.32 Å². The predicted octanol–water partition coefficient (Wildman–Crippen LogP) is 2.65. The average Bonchev–Trinajstić information content (AvgIpc) is 2.85. The summed E-state index contributed by atoms with van der Waals surface area (Å²) in [4.78, 5) is 12.2. The van der Waals surface area contributed by atoms with Crippen LogP contribution in [0.25, 0.3) is 11.0 Å². The fourth-order valence-electron chi connectivity index (χ4n) is 2.24. The number of ether oxygens (including phenoxy) is 1. The summed E-state index contributed by atoms with van der Waals surface area (Å²) in [6, 6.07) is 7.27. The third-order valence-corrected chi connectivity index (χ3v) is 3.50. The highest BCUT2D eigenvalue weighted by Crippen LogP contribution is 2.27. The lowest BCUT2D eigenvalue weighted by Crippen LogP contribution is -2.42. The normalized spacial score (nSPS) is 19.7. The molecule has 1 aromatic heterocycles. The molecule has 0 aliphatic carbocycles. The summed E-state index contributed by atoms with van der Waals surface area (Å²) in [7, 11) is 0. The number of nitrogens with one attached hydrogen (secondary N) is 1. The van der Waals surface area contributed by atoms with Crippen molar-refractivity contribution in [1.29, 1.82) is 0 Å². The largest absolute Gasteiger partial charge is 0.451 e. The molecule has 1 N–H and O–H groups in total. The van der Waals surface area contributed by atoms with Gasteiger partial charge in [0.05, 0.1) is 18.2 Å². The Morgan fingerprint density at radius 3 is 3.11 bits per heavy atom. The Labute approximate surface area is 115 Å². The summed E-state index contributed by atoms with van der Waals surface area (Å²) >= 11 is 6.03. The first-order valence-corrected chi connectivity index (χ1v) is 6.64. The molecule has 4 nitrogen and oxygen atoms in total. The number of carbonyl (C=O) groups is 1. The molecule has 1 aromatic carbocycles. The van der Waals surface area contributed by atoms with Gasteiger partial charge in [0.15, 0.2) is 17.1 Å². The number of halogens is 1. The predicted molar refractivity (Wildman–Crippen MR) is 72.8 cm³/mol. The zero-order valence-corrected chi connectivity index (χ0v) is 11.1. The van der Waals surface area contributed by atoms with E-state index in [1.807, 2.05) is 12.1 Å². The molecule has 1 atom stereocenters. The number of rotatable bonds is 3. The molecule has 0 spiro atoms. The van der Waals surface area contributed by atoms with Gasteiger partial charge in [-0.3, -0.25) is 4.79 Å². The number of morpholine rings is 1. The van der Waals surface area contributed by atoms with Gasteiger partial charge in [-0.2, -0.15) is 0 Å². The monoisotopic (exact) mass is 279 g/mol. The minimum Gasteiger partial charge on any atom is -0.451 e. The molecule has 2 aromatic rings. The minimum atomic E-state index is -0.0322. The van der Waals surface area contributed by atoms with Gasteiger partial charge in [0.25, 0.3) is 0 Å². The first-order valence-electron chi connectivity index (χ1n) is 6.26. The van der Waals surface area contributed by atoms with Crippen LogP contribution in [0.15, 0.2) is 28.7 Å². The van der Waals surface area contributed by atoms with E-state index in [1.165, 1.54) is 0 Å². The summed E-state index contributed by atoms with van der Waals surface area (Å²) in [5.74, 6) is 0.325. The van der Waals surface area contributed by atoms with Crippen molar-refractivity contribution in [2.24, 2.45) is 0 Å². The molecule has 1 unspecified atom stereocenters. The van der Waals surface area contributed by atoms with Crippen LogP contribution in [0.1, 0.15) is 17.0 Å². The molecule has 1 aliphatic rings. The van der Waals surface area contributed by atoms with Crippen molar-refractivity contribution in [3.8, 4) is 0 Å². The van der Waals surface area contributed by atoms with Crippen LogP contribution in [-0.4, -0.2) is 31.6 Å². The molecule has 5 heteroatoms. The summed E-state index contributed by atoms with van der Waals surface area (Å²) in [6.07, 6.45) is 0.372. The number of para-hydroxylation sites is 1. The Kier molecular flexibility index (Phi) is 3.55. The van der Waals surface area contributed by atoms with Gasteiger partial charge in [0.2, 0.25) is 0 Å². The van der Waals surface area contributed by atoms with Gasteiger partial charge in [-0.05, 0) is 12.1 Å². The van der Waals surface area contributed by atoms with Crippen molar-refractivity contribution in [3.63, 3.8) is 0 Å². The van der Waals surface area contributed by atoms with E-state index >= 15 is 0 Å². The van der Waals surface area contributed by atoms with Crippen molar-refractivity contribution >= 4 is 28.4 Å². The van der Waals surface area contributed by atoms with Crippen molar-refractivity contribution in [2.75, 3.05) is 19.8 Å². The number of carbonyl (C=O) groups excluding carboxylic acids is 1. The zero-order chi connectivity index (χ0) is 13.2. The maximum atomic E-state index is 12.2. The van der Waals surface area contributed by atoms with Crippen LogP contribution in [-0.2, 0) is 4.74 Å². The van der Waals surface area contributed by atoms with Gasteiger partial charge >= 0.3 is 0 Å². The molecular weight excluding hydrogens is 266 g/mol. The van der Waals surface area contributed by atoms with Crippen LogP contribution in [0.2, 0.25) is 5.02 Å². The Balaban J connectivity index is 1.79. The van der Waals surface area contributed by atoms with Crippen LogP contribution in [0.3, 0.4) is 0 Å². The average molecular weight is 280 g/mol. The second-order valence-electron chi connectivity index (χ2n) is 4.62. The van der Waals surface area contributed by atoms with Gasteiger partial charge in [0, 0.05) is 24.4 Å². The second kappa shape index (κ2) is 5.33. The number of furan rings is 1. The van der Waals surface area contributed by atoms with Gasteiger partial charge < -0.3 is 14.5 Å².